The molecule has 3 N–H and O–H groups in total. The summed E-state index contributed by atoms with van der Waals surface area (Å²) in [6.45, 7) is 17.0. The van der Waals surface area contributed by atoms with Gasteiger partial charge in [-0.05, 0) is 111 Å². The summed E-state index contributed by atoms with van der Waals surface area (Å²) in [5.74, 6) is -0.144. The average molecular weight is 737 g/mol. The van der Waals surface area contributed by atoms with E-state index in [4.69, 9.17) is 9.47 Å². The van der Waals surface area contributed by atoms with E-state index in [1.54, 1.807) is 56.7 Å². The maximum Gasteiger partial charge on any atom is 0.408 e. The number of hydrogen-bond donors (Lipinski definition) is 3. The molecule has 5 amide bonds. The number of anilines is 1. The fraction of sp³-hybridized carbons (Fsp3) is 0.632. The highest BCUT2D eigenvalue weighted by molar-refractivity contribution is 5.90. The van der Waals surface area contributed by atoms with Crippen molar-refractivity contribution in [2.24, 2.45) is 0 Å². The summed E-state index contributed by atoms with van der Waals surface area (Å²) in [6, 6.07) is 9.20. The maximum absolute atomic E-state index is 13.2. The minimum absolute atomic E-state index is 0.117. The van der Waals surface area contributed by atoms with Gasteiger partial charge in [-0.2, -0.15) is 4.98 Å². The molecule has 2 aromatic rings. The Morgan fingerprint density at radius 1 is 0.792 bits per heavy atom. The largest absolute Gasteiger partial charge is 0.444 e. The van der Waals surface area contributed by atoms with E-state index < -0.39 is 34.6 Å². The van der Waals surface area contributed by atoms with Gasteiger partial charge >= 0.3 is 23.9 Å². The highest BCUT2D eigenvalue weighted by atomic mass is 16.6. The number of alkyl carbamates (subject to hydrolysis) is 2. The normalized spacial score (nSPS) is 18.2. The predicted molar refractivity (Wildman–Crippen MR) is 200 cm³/mol. The minimum Gasteiger partial charge on any atom is -0.444 e. The summed E-state index contributed by atoms with van der Waals surface area (Å²) in [5.41, 5.74) is -0.926. The van der Waals surface area contributed by atoms with Crippen LogP contribution in [0, 0.1) is 0 Å². The Balaban J connectivity index is 1.09. The molecule has 0 spiro atoms. The molecule has 1 saturated carbocycles. The minimum atomic E-state index is -1.19. The van der Waals surface area contributed by atoms with Gasteiger partial charge in [0, 0.05) is 57.0 Å². The van der Waals surface area contributed by atoms with E-state index in [9.17, 15) is 24.0 Å². The Kier molecular flexibility index (Phi) is 11.5. The molecular formula is C38H56N8O7. The number of carbonyl (C=O) groups excluding carboxylic acids is 4. The Morgan fingerprint density at radius 3 is 1.91 bits per heavy atom. The van der Waals surface area contributed by atoms with Crippen molar-refractivity contribution in [3.05, 3.63) is 52.6 Å². The third-order valence-electron chi connectivity index (χ3n) is 9.70. The number of piperidine rings is 1. The molecule has 0 atom stereocenters. The molecule has 1 aromatic carbocycles. The van der Waals surface area contributed by atoms with Gasteiger partial charge in [0.25, 0.3) is 0 Å². The summed E-state index contributed by atoms with van der Waals surface area (Å²) in [4.78, 5) is 73.5. The van der Waals surface area contributed by atoms with E-state index in [-0.39, 0.29) is 55.6 Å². The zero-order valence-corrected chi connectivity index (χ0v) is 32.4. The molecule has 0 unspecified atom stereocenters. The van der Waals surface area contributed by atoms with E-state index >= 15 is 0 Å². The van der Waals surface area contributed by atoms with Crippen molar-refractivity contribution >= 4 is 29.9 Å². The van der Waals surface area contributed by atoms with Crippen LogP contribution in [0.25, 0.3) is 5.69 Å². The maximum atomic E-state index is 13.2. The van der Waals surface area contributed by atoms with Gasteiger partial charge < -0.3 is 29.9 Å². The van der Waals surface area contributed by atoms with E-state index in [0.717, 1.165) is 45.2 Å². The highest BCUT2D eigenvalue weighted by Gasteiger charge is 2.48. The lowest BCUT2D eigenvalue weighted by Gasteiger charge is -2.38. The van der Waals surface area contributed by atoms with Crippen LogP contribution < -0.4 is 21.6 Å². The number of amides is 5. The van der Waals surface area contributed by atoms with Crippen molar-refractivity contribution in [3.8, 4) is 5.69 Å². The second-order valence-electron chi connectivity index (χ2n) is 16.9. The first-order valence-electron chi connectivity index (χ1n) is 18.5. The van der Waals surface area contributed by atoms with Gasteiger partial charge in [-0.1, -0.05) is 12.1 Å². The Morgan fingerprint density at radius 2 is 1.36 bits per heavy atom. The standard InChI is InChI=1S/C38H56N8O7/c1-35(2,3)52-33(50)39-27-13-18-45(19-14-27)38(16-17-38)25-26-9-11-28(12-10-26)46-20-15-29(41-32(46)49)40-31(48)44-23-21-43(22-24-44)30(47)37(7,8)42-34(51)53-36(4,5)6/h9-12,15,20,27H,13-14,16-19,21-25H2,1-8H3,(H,39,50)(H,42,51)(H,40,41,48,49). The van der Waals surface area contributed by atoms with Crippen LogP contribution in [0.15, 0.2) is 41.3 Å². The third-order valence-corrected chi connectivity index (χ3v) is 9.70. The molecule has 3 aliphatic rings. The molecule has 0 radical (unpaired) electrons. The Hall–Kier alpha value is -4.66. The molecule has 3 fully saturated rings. The number of carbonyl (C=O) groups is 4. The first kappa shape index (κ1) is 39.5. The first-order valence-corrected chi connectivity index (χ1v) is 18.5. The number of benzene rings is 1. The van der Waals surface area contributed by atoms with Crippen LogP contribution in [0.4, 0.5) is 20.2 Å². The molecule has 2 saturated heterocycles. The van der Waals surface area contributed by atoms with Crippen LogP contribution in [0.3, 0.4) is 0 Å². The van der Waals surface area contributed by atoms with E-state index in [1.165, 1.54) is 10.1 Å². The highest BCUT2D eigenvalue weighted by Crippen LogP contribution is 2.45. The molecule has 1 aliphatic carbocycles. The molecule has 5 rings (SSSR count). The number of nitrogens with zero attached hydrogens (tertiary/aromatic N) is 5. The van der Waals surface area contributed by atoms with Gasteiger partial charge in [0.15, 0.2) is 0 Å². The first-order chi connectivity index (χ1) is 24.7. The molecule has 290 valence electrons. The van der Waals surface area contributed by atoms with Gasteiger partial charge in [-0.15, -0.1) is 0 Å². The van der Waals surface area contributed by atoms with Crippen molar-refractivity contribution in [1.82, 2.24) is 34.9 Å². The van der Waals surface area contributed by atoms with Crippen molar-refractivity contribution in [1.29, 1.82) is 0 Å². The molecule has 53 heavy (non-hydrogen) atoms. The molecule has 15 nitrogen and oxygen atoms in total. The van der Waals surface area contributed by atoms with Gasteiger partial charge in [0.05, 0.1) is 5.69 Å². The summed E-state index contributed by atoms with van der Waals surface area (Å²) >= 11 is 0. The number of hydrogen-bond acceptors (Lipinski definition) is 9. The third kappa shape index (κ3) is 10.7. The molecule has 2 aliphatic heterocycles. The Labute approximate surface area is 311 Å². The number of rotatable bonds is 8. The van der Waals surface area contributed by atoms with Crippen molar-refractivity contribution in [2.75, 3.05) is 44.6 Å². The molecule has 0 bridgehead atoms. The van der Waals surface area contributed by atoms with Crippen LogP contribution in [0.5, 0.6) is 0 Å². The van der Waals surface area contributed by atoms with Crippen molar-refractivity contribution in [3.63, 3.8) is 0 Å². The monoisotopic (exact) mass is 736 g/mol. The van der Waals surface area contributed by atoms with Crippen LogP contribution in [0.2, 0.25) is 0 Å². The zero-order valence-electron chi connectivity index (χ0n) is 32.4. The predicted octanol–water partition coefficient (Wildman–Crippen LogP) is 4.28. The molecule has 1 aromatic heterocycles. The van der Waals surface area contributed by atoms with Gasteiger partial charge in [-0.3, -0.25) is 19.6 Å². The number of urea groups is 1. The van der Waals surface area contributed by atoms with E-state index in [1.807, 2.05) is 45.0 Å². The second-order valence-corrected chi connectivity index (χ2v) is 16.9. The summed E-state index contributed by atoms with van der Waals surface area (Å²) < 4.78 is 12.2. The van der Waals surface area contributed by atoms with Gasteiger partial charge in [-0.25, -0.2) is 19.2 Å². The van der Waals surface area contributed by atoms with Crippen LogP contribution in [-0.2, 0) is 20.7 Å². The van der Waals surface area contributed by atoms with Crippen LogP contribution >= 0.6 is 0 Å². The van der Waals surface area contributed by atoms with Gasteiger partial charge in [0.2, 0.25) is 5.91 Å². The average Bonchev–Trinajstić information content (AvgIpc) is 3.83. The van der Waals surface area contributed by atoms with E-state index in [2.05, 4.69) is 25.8 Å². The van der Waals surface area contributed by atoms with Crippen LogP contribution in [0.1, 0.15) is 86.6 Å². The van der Waals surface area contributed by atoms with Crippen molar-refractivity contribution in [2.45, 2.75) is 116 Å². The lowest BCUT2D eigenvalue weighted by Crippen LogP contribution is -2.60. The van der Waals surface area contributed by atoms with Crippen molar-refractivity contribution < 1.29 is 28.7 Å². The number of aromatic nitrogens is 2. The Bertz CT molecular complexity index is 1710. The van der Waals surface area contributed by atoms with Crippen LogP contribution in [-0.4, -0.2) is 116 Å². The summed E-state index contributed by atoms with van der Waals surface area (Å²) in [6.07, 6.45) is 5.51. The lowest BCUT2D eigenvalue weighted by molar-refractivity contribution is -0.138. The number of ether oxygens (including phenoxy) is 2. The number of likely N-dealkylation sites (tertiary alicyclic amines) is 1. The summed E-state index contributed by atoms with van der Waals surface area (Å²) in [7, 11) is 0. The zero-order chi connectivity index (χ0) is 38.8. The second kappa shape index (κ2) is 15.4. The van der Waals surface area contributed by atoms with Gasteiger partial charge in [0.1, 0.15) is 22.6 Å². The number of nitrogens with one attached hydrogen (secondary N) is 3. The fourth-order valence-electron chi connectivity index (χ4n) is 6.85. The quantitative estimate of drug-likeness (QED) is 0.359. The van der Waals surface area contributed by atoms with E-state index in [0.29, 0.717) is 5.69 Å². The summed E-state index contributed by atoms with van der Waals surface area (Å²) in [5, 5.41) is 8.36. The smallest absolute Gasteiger partial charge is 0.408 e. The number of piperazine rings is 1. The topological polar surface area (TPSA) is 167 Å². The SMILES string of the molecule is CC(C)(C)OC(=O)NC1CCN(C2(Cc3ccc(-n4ccc(NC(=O)N5CCN(C(=O)C(C)(C)NC(=O)OC(C)(C)C)CC5)nc4=O)cc3)CC2)CC1. The lowest BCUT2D eigenvalue weighted by atomic mass is 9.97. The molecule has 15 heteroatoms. The molecular weight excluding hydrogens is 680 g/mol. The molecule has 3 heterocycles. The fourth-order valence-corrected chi connectivity index (χ4v) is 6.85.